The van der Waals surface area contributed by atoms with Crippen molar-refractivity contribution in [2.75, 3.05) is 11.4 Å². The molecule has 2 unspecified atom stereocenters. The number of benzene rings is 1. The summed E-state index contributed by atoms with van der Waals surface area (Å²) in [6.45, 7) is 5.14. The number of carbonyl (C=O) groups is 3. The first kappa shape index (κ1) is 34.1. The molecule has 0 spiro atoms. The average molecular weight is 637 g/mol. The molecule has 2 heterocycles. The van der Waals surface area contributed by atoms with Gasteiger partial charge in [0.1, 0.15) is 17.7 Å². The third kappa shape index (κ3) is 7.92. The number of amides is 3. The van der Waals surface area contributed by atoms with E-state index in [1.165, 1.54) is 12.4 Å². The van der Waals surface area contributed by atoms with E-state index in [4.69, 9.17) is 4.74 Å². The van der Waals surface area contributed by atoms with Gasteiger partial charge in [-0.3, -0.25) is 24.4 Å². The fourth-order valence-electron chi connectivity index (χ4n) is 5.72. The van der Waals surface area contributed by atoms with Crippen molar-refractivity contribution in [2.45, 2.75) is 108 Å². The van der Waals surface area contributed by atoms with Crippen LogP contribution in [0.1, 0.15) is 83.4 Å². The molecule has 1 aromatic carbocycles. The van der Waals surface area contributed by atoms with Gasteiger partial charge in [-0.2, -0.15) is 13.2 Å². The quantitative estimate of drug-likeness (QED) is 0.376. The maximum atomic E-state index is 14.8. The summed E-state index contributed by atoms with van der Waals surface area (Å²) >= 11 is 0. The van der Waals surface area contributed by atoms with Crippen molar-refractivity contribution in [2.24, 2.45) is 0 Å². The fourth-order valence-corrected chi connectivity index (χ4v) is 5.72. The van der Waals surface area contributed by atoms with Crippen molar-refractivity contribution < 1.29 is 41.8 Å². The normalized spacial score (nSPS) is 21.5. The molecule has 3 amide bonds. The van der Waals surface area contributed by atoms with Gasteiger partial charge in [-0.25, -0.2) is 9.18 Å². The summed E-state index contributed by atoms with van der Waals surface area (Å²) in [5, 5.41) is 13.6. The maximum Gasteiger partial charge on any atom is 0.426 e. The highest BCUT2D eigenvalue weighted by atomic mass is 19.4. The van der Waals surface area contributed by atoms with Crippen molar-refractivity contribution in [1.29, 1.82) is 0 Å². The Balaban J connectivity index is 1.81. The number of hydrogen-bond donors (Lipinski definition) is 2. The number of nitrogens with one attached hydrogen (secondary N) is 1. The van der Waals surface area contributed by atoms with Crippen LogP contribution >= 0.6 is 0 Å². The van der Waals surface area contributed by atoms with Crippen LogP contribution in [0.5, 0.6) is 0 Å². The second-order valence-corrected chi connectivity index (χ2v) is 12.8. The monoisotopic (exact) mass is 636 g/mol. The van der Waals surface area contributed by atoms with Gasteiger partial charge < -0.3 is 15.2 Å². The van der Waals surface area contributed by atoms with Crippen molar-refractivity contribution in [3.63, 3.8) is 0 Å². The molecule has 1 aromatic heterocycles. The van der Waals surface area contributed by atoms with Crippen molar-refractivity contribution in [1.82, 2.24) is 15.2 Å². The number of aliphatic hydroxyl groups is 1. The number of rotatable bonds is 7. The molecule has 2 fully saturated rings. The zero-order valence-corrected chi connectivity index (χ0v) is 25.8. The molecule has 4 rings (SSSR count). The van der Waals surface area contributed by atoms with E-state index in [9.17, 15) is 37.1 Å². The Bertz CT molecular complexity index is 1340. The second kappa shape index (κ2) is 13.3. The topological polar surface area (TPSA) is 112 Å². The van der Waals surface area contributed by atoms with E-state index in [0.29, 0.717) is 12.5 Å². The molecule has 0 radical (unpaired) electrons. The minimum atomic E-state index is -5.20. The van der Waals surface area contributed by atoms with Crippen molar-refractivity contribution in [3.8, 4) is 0 Å². The first-order chi connectivity index (χ1) is 21.0. The molecule has 2 aromatic rings. The molecule has 2 aliphatic rings. The van der Waals surface area contributed by atoms with Crippen molar-refractivity contribution in [3.05, 3.63) is 59.9 Å². The third-order valence-corrected chi connectivity index (χ3v) is 8.11. The molecular formula is C32H40F4N4O5. The summed E-state index contributed by atoms with van der Waals surface area (Å²) in [7, 11) is 0. The zero-order valence-electron chi connectivity index (χ0n) is 25.8. The van der Waals surface area contributed by atoms with Crippen LogP contribution in [-0.4, -0.2) is 69.4 Å². The summed E-state index contributed by atoms with van der Waals surface area (Å²) in [4.78, 5) is 48.1. The van der Waals surface area contributed by atoms with Crippen LogP contribution in [0.2, 0.25) is 0 Å². The van der Waals surface area contributed by atoms with Crippen LogP contribution in [0.25, 0.3) is 0 Å². The maximum absolute atomic E-state index is 14.8. The van der Waals surface area contributed by atoms with E-state index in [1.807, 2.05) is 0 Å². The molecule has 4 atom stereocenters. The van der Waals surface area contributed by atoms with Gasteiger partial charge in [-0.05, 0) is 64.3 Å². The number of aliphatic hydroxyl groups excluding tert-OH is 1. The highest BCUT2D eigenvalue weighted by molar-refractivity contribution is 6.05. The number of likely N-dealkylation sites (tertiary alicyclic amines) is 1. The lowest BCUT2D eigenvalue weighted by atomic mass is 9.94. The molecule has 1 aliphatic heterocycles. The molecule has 246 valence electrons. The third-order valence-electron chi connectivity index (χ3n) is 8.11. The summed E-state index contributed by atoms with van der Waals surface area (Å²) in [6, 6.07) is 4.46. The Morgan fingerprint density at radius 1 is 1.02 bits per heavy atom. The highest BCUT2D eigenvalue weighted by Gasteiger charge is 2.53. The predicted octanol–water partition coefficient (Wildman–Crippen LogP) is 5.72. The van der Waals surface area contributed by atoms with Gasteiger partial charge in [0, 0.05) is 36.1 Å². The molecule has 1 aliphatic carbocycles. The smallest absolute Gasteiger partial charge is 0.426 e. The van der Waals surface area contributed by atoms with E-state index in [2.05, 4.69) is 10.3 Å². The average Bonchev–Trinajstić information content (AvgIpc) is 3.37. The first-order valence-corrected chi connectivity index (χ1v) is 15.1. The van der Waals surface area contributed by atoms with E-state index in [-0.39, 0.29) is 24.7 Å². The van der Waals surface area contributed by atoms with Crippen LogP contribution in [0.3, 0.4) is 0 Å². The van der Waals surface area contributed by atoms with Crippen molar-refractivity contribution >= 4 is 23.6 Å². The number of β-amino-alcohol motifs (C(OH)–C–C–N with tert-alkyl or cyclic N) is 1. The summed E-state index contributed by atoms with van der Waals surface area (Å²) in [5.41, 5.74) is -4.99. The predicted molar refractivity (Wildman–Crippen MR) is 158 cm³/mol. The number of nitrogens with zero attached hydrogens (tertiary/aromatic N) is 3. The molecule has 9 nitrogen and oxygen atoms in total. The number of aromatic nitrogens is 1. The van der Waals surface area contributed by atoms with Crippen LogP contribution in [-0.2, 0) is 20.0 Å². The van der Waals surface area contributed by atoms with E-state index in [1.54, 1.807) is 32.9 Å². The number of halogens is 4. The highest BCUT2D eigenvalue weighted by Crippen LogP contribution is 2.43. The van der Waals surface area contributed by atoms with Gasteiger partial charge in [-0.15, -0.1) is 0 Å². The standard InChI is InChI=1S/C32H40F4N4O5/c1-30(2,3)45-29(44)39-19-24(41)17-25(39)28(43)40(23-14-12-21(13-15-23)31(4,33)32(34,35)36)26(20-9-8-16-37-18-20)27(42)38-22-10-6-5-7-11-22/h8-9,12-16,18,22,24-26,41H,5-7,10-11,17,19H2,1-4H3,(H,38,42)/t24-,25-,26?,31?/m1/s1. The number of carbonyl (C=O) groups excluding carboxylic acids is 3. The fraction of sp³-hybridized carbons (Fsp3) is 0.562. The van der Waals surface area contributed by atoms with Crippen LogP contribution in [0, 0.1) is 0 Å². The summed E-state index contributed by atoms with van der Waals surface area (Å²) in [5.74, 6) is -1.34. The minimum absolute atomic E-state index is 0.0140. The Hall–Kier alpha value is -3.74. The lowest BCUT2D eigenvalue weighted by molar-refractivity contribution is -0.228. The van der Waals surface area contributed by atoms with E-state index < -0.39 is 59.1 Å². The number of anilines is 1. The second-order valence-electron chi connectivity index (χ2n) is 12.8. The van der Waals surface area contributed by atoms with Gasteiger partial charge >= 0.3 is 12.3 Å². The Labute approximate surface area is 259 Å². The Morgan fingerprint density at radius 2 is 1.67 bits per heavy atom. The van der Waals surface area contributed by atoms with Crippen LogP contribution in [0.4, 0.5) is 28.0 Å². The lowest BCUT2D eigenvalue weighted by Gasteiger charge is -2.36. The molecular weight excluding hydrogens is 596 g/mol. The summed E-state index contributed by atoms with van der Waals surface area (Å²) < 4.78 is 60.8. The largest absolute Gasteiger partial charge is 0.444 e. The van der Waals surface area contributed by atoms with Gasteiger partial charge in [0.05, 0.1) is 12.6 Å². The Kier molecular flexibility index (Phi) is 10.1. The minimum Gasteiger partial charge on any atom is -0.444 e. The van der Waals surface area contributed by atoms with E-state index >= 15 is 0 Å². The number of ether oxygens (including phenoxy) is 1. The number of pyridine rings is 1. The van der Waals surface area contributed by atoms with Gasteiger partial charge in [0.25, 0.3) is 5.91 Å². The molecule has 13 heteroatoms. The molecule has 1 saturated carbocycles. The first-order valence-electron chi connectivity index (χ1n) is 15.1. The van der Waals surface area contributed by atoms with Gasteiger partial charge in [0.15, 0.2) is 0 Å². The molecule has 0 bridgehead atoms. The van der Waals surface area contributed by atoms with Gasteiger partial charge in [0.2, 0.25) is 11.6 Å². The summed E-state index contributed by atoms with van der Waals surface area (Å²) in [6.07, 6.45) is -0.0807. The lowest BCUT2D eigenvalue weighted by Crippen LogP contribution is -2.53. The van der Waals surface area contributed by atoms with Gasteiger partial charge in [-0.1, -0.05) is 37.5 Å². The Morgan fingerprint density at radius 3 is 2.22 bits per heavy atom. The van der Waals surface area contributed by atoms with Crippen LogP contribution in [0.15, 0.2) is 48.8 Å². The molecule has 2 N–H and O–H groups in total. The SMILES string of the molecule is CC(C)(C)OC(=O)N1C[C@H](O)C[C@@H]1C(=O)N(c1ccc(C(C)(F)C(F)(F)F)cc1)C(C(=O)NC1CCCCC1)c1cccnc1. The number of alkyl halides is 4. The zero-order chi connectivity index (χ0) is 33.2. The van der Waals surface area contributed by atoms with E-state index in [0.717, 1.165) is 66.2 Å². The molecule has 1 saturated heterocycles. The molecule has 45 heavy (non-hydrogen) atoms. The van der Waals surface area contributed by atoms with Crippen LogP contribution < -0.4 is 10.2 Å². The number of hydrogen-bond acceptors (Lipinski definition) is 6.